The van der Waals surface area contributed by atoms with Crippen molar-refractivity contribution in [3.8, 4) is 5.75 Å². The Morgan fingerprint density at radius 2 is 1.72 bits per heavy atom. The minimum Gasteiger partial charge on any atom is -0.489 e. The van der Waals surface area contributed by atoms with Gasteiger partial charge in [0.25, 0.3) is 11.8 Å². The predicted octanol–water partition coefficient (Wildman–Crippen LogP) is 4.00. The van der Waals surface area contributed by atoms with Crippen LogP contribution in [0.5, 0.6) is 5.75 Å². The third kappa shape index (κ3) is 9.79. The molecule has 3 saturated heterocycles. The van der Waals surface area contributed by atoms with E-state index in [1.807, 2.05) is 46.4 Å². The monoisotopic (exact) mass is 920 g/mol. The Morgan fingerprint density at radius 1 is 1.00 bits per heavy atom. The van der Waals surface area contributed by atoms with E-state index in [2.05, 4.69) is 26.3 Å². The summed E-state index contributed by atoms with van der Waals surface area (Å²) in [5.74, 6) is -4.32. The van der Waals surface area contributed by atoms with E-state index in [0.29, 0.717) is 35.6 Å². The summed E-state index contributed by atoms with van der Waals surface area (Å²) in [6, 6.07) is 1.10. The number of nitrogens with one attached hydrogen (secondary N) is 4. The number of thiazole rings is 1. The highest BCUT2D eigenvalue weighted by Crippen LogP contribution is 2.51. The number of carbonyl (C=O) groups is 7. The molecular weight excluding hydrogens is 856 g/mol. The van der Waals surface area contributed by atoms with Gasteiger partial charge in [0.1, 0.15) is 51.9 Å². The van der Waals surface area contributed by atoms with Gasteiger partial charge in [-0.15, -0.1) is 11.3 Å². The van der Waals surface area contributed by atoms with E-state index in [-0.39, 0.29) is 56.8 Å². The molecule has 1 spiro atoms. The zero-order valence-corrected chi connectivity index (χ0v) is 39.5. The molecule has 3 aliphatic heterocycles. The second-order valence-corrected chi connectivity index (χ2v) is 20.7. The van der Waals surface area contributed by atoms with Crippen molar-refractivity contribution in [3.05, 3.63) is 46.2 Å². The van der Waals surface area contributed by atoms with Crippen molar-refractivity contribution in [2.75, 3.05) is 19.6 Å². The Morgan fingerprint density at radius 3 is 2.34 bits per heavy atom. The van der Waals surface area contributed by atoms with Crippen LogP contribution < -0.4 is 26.0 Å². The topological polar surface area (TPSA) is 199 Å². The molecule has 1 aromatic heterocycles. The number of halogens is 1. The van der Waals surface area contributed by atoms with E-state index >= 15 is 4.79 Å². The average molecular weight is 921 g/mol. The molecular formula is C47H65FN8O8S. The molecule has 5 aliphatic rings. The van der Waals surface area contributed by atoms with Gasteiger partial charge in [-0.2, -0.15) is 0 Å². The largest absolute Gasteiger partial charge is 0.489 e. The van der Waals surface area contributed by atoms with Crippen molar-refractivity contribution >= 4 is 52.6 Å². The van der Waals surface area contributed by atoms with Gasteiger partial charge < -0.3 is 35.8 Å². The Labute approximate surface area is 384 Å². The molecule has 65 heavy (non-hydrogen) atoms. The number of ketones is 1. The van der Waals surface area contributed by atoms with Crippen LogP contribution in [0.3, 0.4) is 0 Å². The molecule has 6 amide bonds. The van der Waals surface area contributed by atoms with Crippen LogP contribution >= 0.6 is 11.3 Å². The van der Waals surface area contributed by atoms with E-state index < -0.39 is 88.0 Å². The molecule has 0 bridgehead atoms. The normalized spacial score (nSPS) is 26.1. The van der Waals surface area contributed by atoms with Crippen LogP contribution in [0.15, 0.2) is 29.8 Å². The first-order valence-corrected chi connectivity index (χ1v) is 24.2. The van der Waals surface area contributed by atoms with Gasteiger partial charge >= 0.3 is 0 Å². The highest BCUT2D eigenvalue weighted by Gasteiger charge is 2.70. The molecule has 2 aromatic rings. The number of rotatable bonds is 16. The Balaban J connectivity index is 1.23. The number of ether oxygens (including phenoxy) is 1. The molecule has 18 heteroatoms. The lowest BCUT2D eigenvalue weighted by molar-refractivity contribution is -0.145. The minimum absolute atomic E-state index is 0.0481. The van der Waals surface area contributed by atoms with Crippen LogP contribution in [0.2, 0.25) is 0 Å². The van der Waals surface area contributed by atoms with E-state index in [1.54, 1.807) is 29.5 Å². The maximum absolute atomic E-state index is 15.5. The maximum atomic E-state index is 15.5. The summed E-state index contributed by atoms with van der Waals surface area (Å²) < 4.78 is 20.5. The van der Waals surface area contributed by atoms with Gasteiger partial charge in [0.2, 0.25) is 29.4 Å². The SMILES string of the molecule is CCCC(NC(=O)[C@@H]1CC2(CN1C(=O)[C@@H](NC(=O)[C@@H](NC(=O)c1scnc1C)C1CCCCC1)C(C)(C)C)N(CC)C(=O)[C@@]1(C)C[C@H](Oc3cccc(F)c3)CN21)C(=O)C(=O)NC1CC1. The Kier molecular flexibility index (Phi) is 14.1. The molecule has 2 unspecified atom stereocenters. The third-order valence-electron chi connectivity index (χ3n) is 14.0. The van der Waals surface area contributed by atoms with Crippen molar-refractivity contribution in [1.29, 1.82) is 0 Å². The fourth-order valence-electron chi connectivity index (χ4n) is 10.6. The van der Waals surface area contributed by atoms with Gasteiger partial charge in [0.15, 0.2) is 0 Å². The van der Waals surface area contributed by atoms with Crippen molar-refractivity contribution in [2.24, 2.45) is 11.3 Å². The van der Waals surface area contributed by atoms with Crippen LogP contribution in [0, 0.1) is 24.1 Å². The molecule has 354 valence electrons. The molecule has 4 N–H and O–H groups in total. The van der Waals surface area contributed by atoms with Crippen molar-refractivity contribution in [3.63, 3.8) is 0 Å². The number of hydrogen-bond donors (Lipinski definition) is 4. The van der Waals surface area contributed by atoms with E-state index in [0.717, 1.165) is 32.1 Å². The van der Waals surface area contributed by atoms with E-state index in [9.17, 15) is 33.2 Å². The van der Waals surface area contributed by atoms with Crippen LogP contribution in [0.25, 0.3) is 0 Å². The van der Waals surface area contributed by atoms with Gasteiger partial charge in [-0.25, -0.2) is 9.37 Å². The predicted molar refractivity (Wildman–Crippen MR) is 240 cm³/mol. The molecule has 2 aliphatic carbocycles. The first kappa shape index (κ1) is 48.0. The van der Waals surface area contributed by atoms with Gasteiger partial charge in [0, 0.05) is 38.0 Å². The summed E-state index contributed by atoms with van der Waals surface area (Å²) in [6.45, 7) is 13.0. The lowest BCUT2D eigenvalue weighted by atomic mass is 9.82. The molecule has 1 aromatic carbocycles. The lowest BCUT2D eigenvalue weighted by Crippen LogP contribution is -2.62. The Bertz CT molecular complexity index is 2170. The number of likely N-dealkylation sites (tertiary alicyclic amines) is 1. The quantitative estimate of drug-likeness (QED) is 0.179. The standard InChI is InChI=1S/C47H65FN8O8S/c1-8-14-33(36(57)41(60)50-30-19-20-30)51-39(58)34-23-47(55(9-2)44(63)46(7)22-32(24-56(46)47)64-31-18-13-17-29(48)21-31)25-54(34)43(62)38(45(4,5)6)53-40(59)35(28-15-11-10-12-16-28)52-42(61)37-27(3)49-26-65-37/h13,17-18,21,26,28,30,32-35,38H,8-12,14-16,19-20,22-25H2,1-7H3,(H,50,60)(H,51,58)(H,52,61)(H,53,59)/t32-,33?,34-,35-,38+,46+,47?/m0/s1. The summed E-state index contributed by atoms with van der Waals surface area (Å²) in [7, 11) is 0. The van der Waals surface area contributed by atoms with Crippen molar-refractivity contribution < 1.29 is 42.7 Å². The second-order valence-electron chi connectivity index (χ2n) is 19.9. The highest BCUT2D eigenvalue weighted by molar-refractivity contribution is 7.11. The van der Waals surface area contributed by atoms with E-state index in [1.165, 1.54) is 28.4 Å². The summed E-state index contributed by atoms with van der Waals surface area (Å²) in [4.78, 5) is 110. The molecule has 0 radical (unpaired) electrons. The molecule has 7 rings (SSSR count). The number of nitrogens with zero attached hydrogens (tertiary/aromatic N) is 4. The number of benzene rings is 1. The molecule has 2 saturated carbocycles. The van der Waals surface area contributed by atoms with E-state index in [4.69, 9.17) is 4.74 Å². The minimum atomic E-state index is -1.25. The third-order valence-corrected chi connectivity index (χ3v) is 15.0. The smallest absolute Gasteiger partial charge is 0.289 e. The first-order chi connectivity index (χ1) is 30.8. The summed E-state index contributed by atoms with van der Waals surface area (Å²) in [5, 5.41) is 11.6. The zero-order chi connectivity index (χ0) is 47.0. The number of Topliss-reactive ketones (excluding diaryl/α,β-unsaturated/α-hetero) is 1. The fourth-order valence-corrected chi connectivity index (χ4v) is 11.3. The van der Waals surface area contributed by atoms with Crippen LogP contribution in [-0.2, 0) is 28.8 Å². The van der Waals surface area contributed by atoms with Crippen LogP contribution in [0.1, 0.15) is 128 Å². The fraction of sp³-hybridized carbons (Fsp3) is 0.660. The van der Waals surface area contributed by atoms with Gasteiger partial charge in [0.05, 0.1) is 23.8 Å². The van der Waals surface area contributed by atoms with Gasteiger partial charge in [-0.3, -0.25) is 38.5 Å². The first-order valence-electron chi connectivity index (χ1n) is 23.3. The molecule has 4 heterocycles. The molecule has 7 atom stereocenters. The number of hydrogen-bond acceptors (Lipinski definition) is 11. The number of carbonyl (C=O) groups excluding carboxylic acids is 7. The number of aryl methyl sites for hydroxylation is 1. The van der Waals surface area contributed by atoms with Crippen molar-refractivity contribution in [1.82, 2.24) is 41.0 Å². The van der Waals surface area contributed by atoms with Gasteiger partial charge in [-0.1, -0.05) is 59.4 Å². The van der Waals surface area contributed by atoms with Crippen molar-refractivity contribution in [2.45, 2.75) is 167 Å². The number of fused-ring (bicyclic) bond motifs is 2. The lowest BCUT2D eigenvalue weighted by Gasteiger charge is -2.41. The van der Waals surface area contributed by atoms with Crippen LogP contribution in [0.4, 0.5) is 4.39 Å². The summed E-state index contributed by atoms with van der Waals surface area (Å²) in [6.07, 6.45) is 6.05. The average Bonchev–Trinajstić information content (AvgIpc) is 3.58. The molecule has 16 nitrogen and oxygen atoms in total. The maximum Gasteiger partial charge on any atom is 0.289 e. The number of likely N-dealkylation sites (N-methyl/N-ethyl adjacent to an activating group) is 1. The summed E-state index contributed by atoms with van der Waals surface area (Å²) in [5.41, 5.74) is -1.15. The zero-order valence-electron chi connectivity index (χ0n) is 38.7. The highest BCUT2D eigenvalue weighted by atomic mass is 32.1. The number of aromatic nitrogens is 1. The molecule has 5 fully saturated rings. The van der Waals surface area contributed by atoms with Crippen LogP contribution in [-0.4, -0.2) is 128 Å². The Hall–Kier alpha value is -4.97. The van der Waals surface area contributed by atoms with Gasteiger partial charge in [-0.05, 0) is 76.3 Å². The number of amides is 6. The summed E-state index contributed by atoms with van der Waals surface area (Å²) >= 11 is 1.18. The second kappa shape index (κ2) is 19.1.